The van der Waals surface area contributed by atoms with Crippen molar-refractivity contribution in [3.8, 4) is 11.5 Å². The van der Waals surface area contributed by atoms with Crippen LogP contribution in [0.5, 0.6) is 11.5 Å². The monoisotopic (exact) mass is 411 g/mol. The number of ether oxygens (including phenoxy) is 4. The first-order valence-corrected chi connectivity index (χ1v) is 9.91. The van der Waals surface area contributed by atoms with Gasteiger partial charge in [0.25, 0.3) is 0 Å². The van der Waals surface area contributed by atoms with Gasteiger partial charge in [-0.3, -0.25) is 4.90 Å². The lowest BCUT2D eigenvalue weighted by Crippen LogP contribution is -2.48. The predicted molar refractivity (Wildman–Crippen MR) is 108 cm³/mol. The van der Waals surface area contributed by atoms with Crippen molar-refractivity contribution in [3.05, 3.63) is 59.7 Å². The van der Waals surface area contributed by atoms with E-state index in [-0.39, 0.29) is 13.4 Å². The lowest BCUT2D eigenvalue weighted by Gasteiger charge is -2.33. The average Bonchev–Trinajstić information content (AvgIpc) is 3.31. The van der Waals surface area contributed by atoms with Gasteiger partial charge in [-0.15, -0.1) is 0 Å². The summed E-state index contributed by atoms with van der Waals surface area (Å²) in [6, 6.07) is 14.1. The molecule has 0 radical (unpaired) electrons. The van der Waals surface area contributed by atoms with Crippen molar-refractivity contribution in [2.75, 3.05) is 6.79 Å². The molecule has 0 unspecified atom stereocenters. The van der Waals surface area contributed by atoms with Crippen LogP contribution in [0.2, 0.25) is 0 Å². The third-order valence-electron chi connectivity index (χ3n) is 5.11. The van der Waals surface area contributed by atoms with Crippen molar-refractivity contribution in [2.45, 2.75) is 46.1 Å². The topological polar surface area (TPSA) is 74.3 Å². The van der Waals surface area contributed by atoms with Crippen LogP contribution in [-0.2, 0) is 27.3 Å². The minimum Gasteiger partial charge on any atom is -0.454 e. The third kappa shape index (κ3) is 4.06. The maximum absolute atomic E-state index is 13.0. The number of carbonyl (C=O) groups excluding carboxylic acids is 2. The third-order valence-corrected chi connectivity index (χ3v) is 5.11. The molecule has 7 heteroatoms. The molecule has 4 rings (SSSR count). The minimum absolute atomic E-state index is 0.123. The Hall–Kier alpha value is -3.22. The average molecular weight is 411 g/mol. The van der Waals surface area contributed by atoms with Crippen molar-refractivity contribution in [3.63, 3.8) is 0 Å². The van der Waals surface area contributed by atoms with Crippen molar-refractivity contribution >= 4 is 12.1 Å². The van der Waals surface area contributed by atoms with Crippen LogP contribution < -0.4 is 9.47 Å². The number of cyclic esters (lactones) is 1. The number of fused-ring (bicyclic) bond motifs is 1. The van der Waals surface area contributed by atoms with Crippen molar-refractivity contribution in [2.24, 2.45) is 5.41 Å². The van der Waals surface area contributed by atoms with Gasteiger partial charge in [-0.05, 0) is 23.3 Å². The first-order chi connectivity index (χ1) is 14.3. The van der Waals surface area contributed by atoms with Crippen LogP contribution in [0.1, 0.15) is 31.9 Å². The maximum Gasteiger partial charge on any atom is 0.413 e. The van der Waals surface area contributed by atoms with E-state index in [4.69, 9.17) is 18.9 Å². The minimum atomic E-state index is -0.780. The highest BCUT2D eigenvalue weighted by atomic mass is 16.7. The Kier molecular flexibility index (Phi) is 5.28. The first kappa shape index (κ1) is 20.1. The van der Waals surface area contributed by atoms with E-state index in [0.717, 1.165) is 11.1 Å². The van der Waals surface area contributed by atoms with Gasteiger partial charge in [0.1, 0.15) is 12.6 Å². The standard InChI is InChI=1S/C23H25NO6/c1-23(2,3)21-24(22(26)27-13-15-7-5-4-6-8-15)17(20(25)30-21)11-16-9-10-18-19(12-16)29-14-28-18/h4-10,12,17,21H,11,13-14H2,1-3H3/t17-,21+/m1/s1. The molecule has 2 atom stereocenters. The van der Waals surface area contributed by atoms with E-state index < -0.39 is 29.7 Å². The number of carbonyl (C=O) groups is 2. The number of hydrogen-bond acceptors (Lipinski definition) is 6. The summed E-state index contributed by atoms with van der Waals surface area (Å²) >= 11 is 0. The van der Waals surface area contributed by atoms with E-state index in [1.165, 1.54) is 4.90 Å². The molecular weight excluding hydrogens is 386 g/mol. The number of rotatable bonds is 4. The van der Waals surface area contributed by atoms with Crippen LogP contribution in [-0.4, -0.2) is 36.0 Å². The van der Waals surface area contributed by atoms with Gasteiger partial charge in [0.05, 0.1) is 0 Å². The molecule has 158 valence electrons. The Bertz CT molecular complexity index is 936. The summed E-state index contributed by atoms with van der Waals surface area (Å²) in [6.45, 7) is 6.06. The summed E-state index contributed by atoms with van der Waals surface area (Å²) in [4.78, 5) is 27.2. The second-order valence-corrected chi connectivity index (χ2v) is 8.51. The molecule has 1 fully saturated rings. The number of nitrogens with zero attached hydrogens (tertiary/aromatic N) is 1. The fourth-order valence-electron chi connectivity index (χ4n) is 3.61. The number of hydrogen-bond donors (Lipinski definition) is 0. The fraction of sp³-hybridized carbons (Fsp3) is 0.391. The van der Waals surface area contributed by atoms with E-state index in [9.17, 15) is 9.59 Å². The summed E-state index contributed by atoms with van der Waals surface area (Å²) in [7, 11) is 0. The zero-order chi connectivity index (χ0) is 21.3. The van der Waals surface area contributed by atoms with E-state index in [2.05, 4.69) is 0 Å². The van der Waals surface area contributed by atoms with Crippen LogP contribution >= 0.6 is 0 Å². The number of esters is 1. The van der Waals surface area contributed by atoms with Crippen LogP contribution in [0.4, 0.5) is 4.79 Å². The first-order valence-electron chi connectivity index (χ1n) is 9.91. The normalized spacial score (nSPS) is 20.2. The van der Waals surface area contributed by atoms with Gasteiger partial charge in [-0.1, -0.05) is 57.2 Å². The van der Waals surface area contributed by atoms with Gasteiger partial charge in [-0.25, -0.2) is 9.59 Å². The molecule has 0 spiro atoms. The second kappa shape index (κ2) is 7.89. The number of benzene rings is 2. The molecule has 2 heterocycles. The SMILES string of the molecule is CC(C)(C)[C@@H]1OC(=O)[C@@H](Cc2ccc3c(c2)OCO3)N1C(=O)OCc1ccccc1. The lowest BCUT2D eigenvalue weighted by atomic mass is 9.93. The van der Waals surface area contributed by atoms with Crippen LogP contribution in [0.3, 0.4) is 0 Å². The lowest BCUT2D eigenvalue weighted by molar-refractivity contribution is -0.147. The van der Waals surface area contributed by atoms with E-state index in [1.54, 1.807) is 6.07 Å². The molecular formula is C23H25NO6. The molecule has 0 bridgehead atoms. The zero-order valence-corrected chi connectivity index (χ0v) is 17.3. The molecule has 0 N–H and O–H groups in total. The summed E-state index contributed by atoms with van der Waals surface area (Å²) in [5.74, 6) is 0.855. The molecule has 1 saturated heterocycles. The summed E-state index contributed by atoms with van der Waals surface area (Å²) < 4.78 is 21.9. The van der Waals surface area contributed by atoms with E-state index in [1.807, 2.05) is 63.2 Å². The fourth-order valence-corrected chi connectivity index (χ4v) is 3.61. The molecule has 7 nitrogen and oxygen atoms in total. The van der Waals surface area contributed by atoms with Crippen LogP contribution in [0.15, 0.2) is 48.5 Å². The van der Waals surface area contributed by atoms with E-state index >= 15 is 0 Å². The predicted octanol–water partition coefficient (Wildman–Crippen LogP) is 3.89. The Morgan fingerprint density at radius 3 is 2.53 bits per heavy atom. The van der Waals surface area contributed by atoms with Gasteiger partial charge >= 0.3 is 12.1 Å². The second-order valence-electron chi connectivity index (χ2n) is 8.51. The Balaban J connectivity index is 1.55. The molecule has 1 amide bonds. The summed E-state index contributed by atoms with van der Waals surface area (Å²) in [5, 5.41) is 0. The quantitative estimate of drug-likeness (QED) is 0.711. The molecule has 0 saturated carbocycles. The molecule has 0 aliphatic carbocycles. The highest BCUT2D eigenvalue weighted by Gasteiger charge is 2.50. The molecule has 2 aromatic carbocycles. The number of amides is 1. The smallest absolute Gasteiger partial charge is 0.413 e. The van der Waals surface area contributed by atoms with Gasteiger partial charge < -0.3 is 18.9 Å². The van der Waals surface area contributed by atoms with Crippen molar-refractivity contribution < 1.29 is 28.5 Å². The van der Waals surface area contributed by atoms with Crippen LogP contribution in [0.25, 0.3) is 0 Å². The van der Waals surface area contributed by atoms with Gasteiger partial charge in [0, 0.05) is 11.8 Å². The van der Waals surface area contributed by atoms with Crippen molar-refractivity contribution in [1.82, 2.24) is 4.90 Å². The maximum atomic E-state index is 13.0. The highest BCUT2D eigenvalue weighted by molar-refractivity contribution is 5.85. The Labute approximate surface area is 175 Å². The van der Waals surface area contributed by atoms with Gasteiger partial charge in [-0.2, -0.15) is 0 Å². The molecule has 2 aliphatic heterocycles. The van der Waals surface area contributed by atoms with Crippen molar-refractivity contribution in [1.29, 1.82) is 0 Å². The Morgan fingerprint density at radius 1 is 1.07 bits per heavy atom. The summed E-state index contributed by atoms with van der Waals surface area (Å²) in [6.07, 6.45) is -0.995. The highest BCUT2D eigenvalue weighted by Crippen LogP contribution is 2.36. The molecule has 0 aromatic heterocycles. The Morgan fingerprint density at radius 2 is 1.80 bits per heavy atom. The zero-order valence-electron chi connectivity index (χ0n) is 17.3. The molecule has 2 aromatic rings. The van der Waals surface area contributed by atoms with Gasteiger partial charge in [0.2, 0.25) is 6.79 Å². The summed E-state index contributed by atoms with van der Waals surface area (Å²) in [5.41, 5.74) is 1.25. The van der Waals surface area contributed by atoms with E-state index in [0.29, 0.717) is 17.9 Å². The van der Waals surface area contributed by atoms with Gasteiger partial charge in [0.15, 0.2) is 17.7 Å². The largest absolute Gasteiger partial charge is 0.454 e. The molecule has 30 heavy (non-hydrogen) atoms. The molecule has 2 aliphatic rings. The van der Waals surface area contributed by atoms with Crippen LogP contribution in [0, 0.1) is 5.41 Å².